The van der Waals surface area contributed by atoms with E-state index in [0.717, 1.165) is 12.8 Å². The highest BCUT2D eigenvalue weighted by molar-refractivity contribution is 5.69. The second-order valence-corrected chi connectivity index (χ2v) is 11.5. The molecular formula is C35H70O9. The molecule has 0 aromatic rings. The molecule has 0 rings (SSSR count). The molecule has 9 heteroatoms. The third-order valence-corrected chi connectivity index (χ3v) is 7.01. The smallest absolute Gasteiger partial charge is 0.305 e. The Kier molecular flexibility index (Phi) is 37.7. The minimum atomic E-state index is -0.124. The Morgan fingerprint density at radius 3 is 1.05 bits per heavy atom. The fourth-order valence-electron chi connectivity index (χ4n) is 4.47. The molecule has 9 nitrogen and oxygen atoms in total. The maximum Gasteiger partial charge on any atom is 0.305 e. The van der Waals surface area contributed by atoms with Gasteiger partial charge in [-0.3, -0.25) is 4.79 Å². The zero-order valence-electron chi connectivity index (χ0n) is 29.0. The number of carbonyl (C=O) groups excluding carboxylic acids is 1. The number of ether oxygens (including phenoxy) is 8. The molecule has 44 heavy (non-hydrogen) atoms. The first-order valence-electron chi connectivity index (χ1n) is 17.9. The molecular weight excluding hydrogens is 564 g/mol. The minimum Gasteiger partial charge on any atom is -0.463 e. The molecule has 0 unspecified atom stereocenters. The first-order valence-corrected chi connectivity index (χ1v) is 17.9. The Bertz CT molecular complexity index is 548. The van der Waals surface area contributed by atoms with Crippen LogP contribution in [0.5, 0.6) is 0 Å². The molecule has 0 heterocycles. The molecule has 0 radical (unpaired) electrons. The van der Waals surface area contributed by atoms with Crippen molar-refractivity contribution in [1.82, 2.24) is 0 Å². The Labute approximate surface area is 270 Å². The number of hydrogen-bond donors (Lipinski definition) is 0. The zero-order valence-corrected chi connectivity index (χ0v) is 29.0. The fraction of sp³-hybridized carbons (Fsp3) is 0.971. The van der Waals surface area contributed by atoms with Crippen molar-refractivity contribution in [3.8, 4) is 0 Å². The van der Waals surface area contributed by atoms with Crippen LogP contribution >= 0.6 is 0 Å². The second kappa shape index (κ2) is 38.4. The Morgan fingerprint density at radius 1 is 0.409 bits per heavy atom. The SMILES string of the molecule is CCCCCCCCCCCCCCCCCC(=O)OCCOCCOCCOCCOCCOCCOCCOC(C)C. The number of rotatable bonds is 38. The van der Waals surface area contributed by atoms with Gasteiger partial charge in [0.2, 0.25) is 0 Å². The summed E-state index contributed by atoms with van der Waals surface area (Å²) in [7, 11) is 0. The number of esters is 1. The van der Waals surface area contributed by atoms with Crippen LogP contribution in [0.4, 0.5) is 0 Å². The second-order valence-electron chi connectivity index (χ2n) is 11.5. The van der Waals surface area contributed by atoms with E-state index in [1.807, 2.05) is 13.8 Å². The average Bonchev–Trinajstić information content (AvgIpc) is 3.01. The molecule has 0 aromatic carbocycles. The van der Waals surface area contributed by atoms with Crippen LogP contribution < -0.4 is 0 Å². The van der Waals surface area contributed by atoms with Crippen molar-refractivity contribution < 1.29 is 42.7 Å². The van der Waals surface area contributed by atoms with Crippen molar-refractivity contribution >= 4 is 5.97 Å². The van der Waals surface area contributed by atoms with Crippen molar-refractivity contribution in [2.45, 2.75) is 130 Å². The number of hydrogen-bond acceptors (Lipinski definition) is 9. The van der Waals surface area contributed by atoms with Gasteiger partial charge in [0.25, 0.3) is 0 Å². The van der Waals surface area contributed by atoms with Crippen LogP contribution in [0.15, 0.2) is 0 Å². The third kappa shape index (κ3) is 39.2. The van der Waals surface area contributed by atoms with Gasteiger partial charge in [-0.25, -0.2) is 0 Å². The van der Waals surface area contributed by atoms with Gasteiger partial charge in [0.15, 0.2) is 0 Å². The lowest BCUT2D eigenvalue weighted by atomic mass is 10.0. The molecule has 0 aromatic heterocycles. The van der Waals surface area contributed by atoms with Crippen molar-refractivity contribution in [3.05, 3.63) is 0 Å². The molecule has 0 aliphatic heterocycles. The lowest BCUT2D eigenvalue weighted by Crippen LogP contribution is -2.15. The predicted molar refractivity (Wildman–Crippen MR) is 177 cm³/mol. The lowest BCUT2D eigenvalue weighted by Gasteiger charge is -2.09. The topological polar surface area (TPSA) is 90.9 Å². The molecule has 0 aliphatic rings. The quantitative estimate of drug-likeness (QED) is 0.0512. The van der Waals surface area contributed by atoms with E-state index in [4.69, 9.17) is 37.9 Å². The van der Waals surface area contributed by atoms with Crippen LogP contribution in [-0.2, 0) is 42.7 Å². The van der Waals surface area contributed by atoms with Crippen LogP contribution in [0.2, 0.25) is 0 Å². The standard InChI is InChI=1S/C35H70O9/c1-4-5-6-7-8-9-10-11-12-13-14-15-16-17-18-19-35(36)44-33-31-42-29-27-40-25-23-38-21-20-37-22-24-39-26-28-41-30-32-43-34(2)3/h34H,4-33H2,1-3H3. The Hall–Kier alpha value is -0.810. The summed E-state index contributed by atoms with van der Waals surface area (Å²) in [6, 6.07) is 0. The predicted octanol–water partition coefficient (Wildman–Crippen LogP) is 7.32. The average molecular weight is 635 g/mol. The van der Waals surface area contributed by atoms with Crippen LogP contribution in [0.1, 0.15) is 124 Å². The lowest BCUT2D eigenvalue weighted by molar-refractivity contribution is -0.145. The van der Waals surface area contributed by atoms with E-state index < -0.39 is 0 Å². The summed E-state index contributed by atoms with van der Waals surface area (Å²) >= 11 is 0. The van der Waals surface area contributed by atoms with Gasteiger partial charge < -0.3 is 37.9 Å². The molecule has 0 fully saturated rings. The first kappa shape index (κ1) is 43.2. The van der Waals surface area contributed by atoms with E-state index >= 15 is 0 Å². The molecule has 0 atom stereocenters. The van der Waals surface area contributed by atoms with Gasteiger partial charge in [0.05, 0.1) is 92.0 Å². The molecule has 0 saturated heterocycles. The molecule has 0 spiro atoms. The molecule has 0 aliphatic carbocycles. The summed E-state index contributed by atoms with van der Waals surface area (Å²) in [5, 5.41) is 0. The van der Waals surface area contributed by atoms with Gasteiger partial charge in [0.1, 0.15) is 6.61 Å². The third-order valence-electron chi connectivity index (χ3n) is 7.01. The number of carbonyl (C=O) groups is 1. The molecule has 0 bridgehead atoms. The minimum absolute atomic E-state index is 0.124. The summed E-state index contributed by atoms with van der Waals surface area (Å²) in [6.07, 6.45) is 20.5. The summed E-state index contributed by atoms with van der Waals surface area (Å²) in [6.45, 7) is 13.3. The normalized spacial score (nSPS) is 11.5. The summed E-state index contributed by atoms with van der Waals surface area (Å²) in [4.78, 5) is 11.9. The largest absolute Gasteiger partial charge is 0.463 e. The van der Waals surface area contributed by atoms with Crippen molar-refractivity contribution in [1.29, 1.82) is 0 Å². The zero-order chi connectivity index (χ0) is 32.0. The van der Waals surface area contributed by atoms with Gasteiger partial charge in [-0.05, 0) is 20.3 Å². The van der Waals surface area contributed by atoms with Crippen LogP contribution in [0.25, 0.3) is 0 Å². The van der Waals surface area contributed by atoms with Crippen molar-refractivity contribution in [2.24, 2.45) is 0 Å². The van der Waals surface area contributed by atoms with Gasteiger partial charge in [-0.15, -0.1) is 0 Å². The number of unbranched alkanes of at least 4 members (excludes halogenated alkanes) is 14. The highest BCUT2D eigenvalue weighted by Crippen LogP contribution is 2.13. The van der Waals surface area contributed by atoms with E-state index in [-0.39, 0.29) is 12.1 Å². The monoisotopic (exact) mass is 635 g/mol. The first-order chi connectivity index (χ1) is 21.7. The van der Waals surface area contributed by atoms with Crippen LogP contribution in [-0.4, -0.2) is 105 Å². The van der Waals surface area contributed by atoms with Gasteiger partial charge >= 0.3 is 5.97 Å². The van der Waals surface area contributed by atoms with Crippen molar-refractivity contribution in [2.75, 3.05) is 92.5 Å². The van der Waals surface area contributed by atoms with Crippen LogP contribution in [0.3, 0.4) is 0 Å². The maximum absolute atomic E-state index is 11.9. The molecule has 0 N–H and O–H groups in total. The van der Waals surface area contributed by atoms with E-state index in [1.54, 1.807) is 0 Å². The molecule has 0 saturated carbocycles. The molecule has 264 valence electrons. The van der Waals surface area contributed by atoms with Gasteiger partial charge in [-0.2, -0.15) is 0 Å². The summed E-state index contributed by atoms with van der Waals surface area (Å²) in [5.41, 5.74) is 0. The van der Waals surface area contributed by atoms with Crippen LogP contribution in [0, 0.1) is 0 Å². The Balaban J connectivity index is 3.14. The van der Waals surface area contributed by atoms with E-state index in [1.165, 1.54) is 83.5 Å². The fourth-order valence-corrected chi connectivity index (χ4v) is 4.47. The van der Waals surface area contributed by atoms with Gasteiger partial charge in [0, 0.05) is 6.42 Å². The van der Waals surface area contributed by atoms with E-state index in [0.29, 0.717) is 98.9 Å². The summed E-state index contributed by atoms with van der Waals surface area (Å²) in [5.74, 6) is -0.124. The maximum atomic E-state index is 11.9. The summed E-state index contributed by atoms with van der Waals surface area (Å²) < 4.78 is 43.4. The Morgan fingerprint density at radius 2 is 0.705 bits per heavy atom. The highest BCUT2D eigenvalue weighted by Gasteiger charge is 2.03. The van der Waals surface area contributed by atoms with Gasteiger partial charge in [-0.1, -0.05) is 96.8 Å². The van der Waals surface area contributed by atoms with E-state index in [9.17, 15) is 4.79 Å². The molecule has 0 amide bonds. The highest BCUT2D eigenvalue weighted by atomic mass is 16.6. The van der Waals surface area contributed by atoms with Crippen molar-refractivity contribution in [3.63, 3.8) is 0 Å². The van der Waals surface area contributed by atoms with E-state index in [2.05, 4.69) is 6.92 Å².